The highest BCUT2D eigenvalue weighted by Crippen LogP contribution is 2.41. The van der Waals surface area contributed by atoms with Gasteiger partial charge in [-0.2, -0.15) is 0 Å². The van der Waals surface area contributed by atoms with Gasteiger partial charge in [-0.25, -0.2) is 0 Å². The summed E-state index contributed by atoms with van der Waals surface area (Å²) < 4.78 is 6.90. The largest absolute Gasteiger partial charge is 0.374 e. The van der Waals surface area contributed by atoms with Gasteiger partial charge < -0.3 is 10.1 Å². The number of nitrogens with one attached hydrogen (secondary N) is 2. The molecule has 1 aromatic carbocycles. The van der Waals surface area contributed by atoms with E-state index in [2.05, 4.69) is 69.6 Å². The highest BCUT2D eigenvalue weighted by molar-refractivity contribution is 9.10. The normalized spacial score (nSPS) is 22.4. The second-order valence-corrected chi connectivity index (χ2v) is 9.16. The van der Waals surface area contributed by atoms with Crippen LogP contribution in [0.1, 0.15) is 38.7 Å². The van der Waals surface area contributed by atoms with E-state index in [0.717, 1.165) is 43.6 Å². The van der Waals surface area contributed by atoms with Crippen molar-refractivity contribution in [3.63, 3.8) is 0 Å². The average molecular weight is 438 g/mol. The summed E-state index contributed by atoms with van der Waals surface area (Å²) in [6.07, 6.45) is 3.45. The van der Waals surface area contributed by atoms with Gasteiger partial charge in [0.25, 0.3) is 0 Å². The highest BCUT2D eigenvalue weighted by Gasteiger charge is 2.38. The molecule has 150 valence electrons. The molecule has 1 unspecified atom stereocenters. The molecular weight excluding hydrogens is 406 g/mol. The lowest BCUT2D eigenvalue weighted by Gasteiger charge is -2.43. The van der Waals surface area contributed by atoms with Crippen molar-refractivity contribution in [2.75, 3.05) is 39.3 Å². The molecule has 1 aliphatic carbocycles. The van der Waals surface area contributed by atoms with Gasteiger partial charge in [0.15, 0.2) is 0 Å². The summed E-state index contributed by atoms with van der Waals surface area (Å²) in [5.74, 6) is 0.697. The number of amides is 1. The first kappa shape index (κ1) is 20.8. The van der Waals surface area contributed by atoms with Crippen LogP contribution in [0.4, 0.5) is 0 Å². The van der Waals surface area contributed by atoms with Crippen LogP contribution in [-0.2, 0) is 15.1 Å². The standard InChI is InChI=1S/C21H32BrN3O2/c1-16(2)14-25-10-11-27-19(15-25)12-23-20(26)13-24-21(8-3-9-21)17-4-6-18(22)7-5-17/h4-7,16,19,24H,3,8-15H2,1-2H3,(H,23,26). The zero-order valence-electron chi connectivity index (χ0n) is 16.5. The van der Waals surface area contributed by atoms with Crippen molar-refractivity contribution >= 4 is 21.8 Å². The molecule has 5 nitrogen and oxygen atoms in total. The Hall–Kier alpha value is -0.950. The minimum absolute atomic E-state index is 0.0444. The average Bonchev–Trinajstić information content (AvgIpc) is 2.60. The lowest BCUT2D eigenvalue weighted by atomic mass is 9.72. The second-order valence-electron chi connectivity index (χ2n) is 8.25. The van der Waals surface area contributed by atoms with Crippen molar-refractivity contribution in [3.05, 3.63) is 34.3 Å². The SMILES string of the molecule is CC(C)CN1CCOC(CNC(=O)CNC2(c3ccc(Br)cc3)CCC2)C1. The Bertz CT molecular complexity index is 616. The van der Waals surface area contributed by atoms with Gasteiger partial charge in [0, 0.05) is 36.2 Å². The van der Waals surface area contributed by atoms with Gasteiger partial charge in [0.05, 0.1) is 19.3 Å². The van der Waals surface area contributed by atoms with E-state index in [9.17, 15) is 4.79 Å². The Balaban J connectivity index is 1.43. The van der Waals surface area contributed by atoms with E-state index in [0.29, 0.717) is 19.0 Å². The van der Waals surface area contributed by atoms with E-state index in [1.807, 2.05) is 0 Å². The molecule has 0 bridgehead atoms. The van der Waals surface area contributed by atoms with Gasteiger partial charge in [-0.1, -0.05) is 41.9 Å². The third-order valence-corrected chi connectivity index (χ3v) is 6.09. The number of morpholine rings is 1. The van der Waals surface area contributed by atoms with Gasteiger partial charge >= 0.3 is 0 Å². The van der Waals surface area contributed by atoms with Crippen molar-refractivity contribution in [1.82, 2.24) is 15.5 Å². The van der Waals surface area contributed by atoms with Crippen molar-refractivity contribution < 1.29 is 9.53 Å². The Morgan fingerprint density at radius 3 is 2.70 bits per heavy atom. The van der Waals surface area contributed by atoms with E-state index in [1.165, 1.54) is 12.0 Å². The van der Waals surface area contributed by atoms with Crippen molar-refractivity contribution in [2.45, 2.75) is 44.8 Å². The molecule has 1 amide bonds. The van der Waals surface area contributed by atoms with Gasteiger partial charge in [0.1, 0.15) is 0 Å². The molecule has 0 aromatic heterocycles. The number of rotatable bonds is 8. The number of halogens is 1. The molecule has 3 rings (SSSR count). The zero-order chi connectivity index (χ0) is 19.3. The van der Waals surface area contributed by atoms with Crippen LogP contribution in [0.3, 0.4) is 0 Å². The molecule has 6 heteroatoms. The molecular formula is C21H32BrN3O2. The molecule has 1 atom stereocenters. The van der Waals surface area contributed by atoms with Gasteiger partial charge in [0.2, 0.25) is 5.91 Å². The number of hydrogen-bond acceptors (Lipinski definition) is 4. The van der Waals surface area contributed by atoms with Crippen molar-refractivity contribution in [1.29, 1.82) is 0 Å². The van der Waals surface area contributed by atoms with E-state index in [4.69, 9.17) is 4.74 Å². The monoisotopic (exact) mass is 437 g/mol. The van der Waals surface area contributed by atoms with Gasteiger partial charge in [-0.05, 0) is 42.9 Å². The lowest BCUT2D eigenvalue weighted by molar-refractivity contribution is -0.122. The number of nitrogens with zero attached hydrogens (tertiary/aromatic N) is 1. The fourth-order valence-corrected chi connectivity index (χ4v) is 4.26. The topological polar surface area (TPSA) is 53.6 Å². The predicted octanol–water partition coefficient (Wildman–Crippen LogP) is 2.89. The maximum absolute atomic E-state index is 12.4. The Morgan fingerprint density at radius 2 is 2.07 bits per heavy atom. The molecule has 0 radical (unpaired) electrons. The second kappa shape index (κ2) is 9.50. The Kier molecular flexibility index (Phi) is 7.31. The van der Waals surface area contributed by atoms with Crippen LogP contribution in [0.5, 0.6) is 0 Å². The summed E-state index contributed by atoms with van der Waals surface area (Å²) in [6, 6.07) is 8.43. The highest BCUT2D eigenvalue weighted by atomic mass is 79.9. The van der Waals surface area contributed by atoms with Crippen LogP contribution in [0.15, 0.2) is 28.7 Å². The van der Waals surface area contributed by atoms with Crippen LogP contribution < -0.4 is 10.6 Å². The number of ether oxygens (including phenoxy) is 1. The molecule has 1 saturated carbocycles. The van der Waals surface area contributed by atoms with E-state index < -0.39 is 0 Å². The number of benzene rings is 1. The minimum atomic E-state index is -0.0482. The fourth-order valence-electron chi connectivity index (χ4n) is 3.99. The van der Waals surface area contributed by atoms with Crippen molar-refractivity contribution in [2.24, 2.45) is 5.92 Å². The third kappa shape index (κ3) is 5.76. The maximum Gasteiger partial charge on any atom is 0.234 e. The van der Waals surface area contributed by atoms with Crippen LogP contribution in [0.2, 0.25) is 0 Å². The fraction of sp³-hybridized carbons (Fsp3) is 0.667. The summed E-state index contributed by atoms with van der Waals surface area (Å²) in [5.41, 5.74) is 1.22. The molecule has 1 aromatic rings. The van der Waals surface area contributed by atoms with Crippen molar-refractivity contribution in [3.8, 4) is 0 Å². The molecule has 2 N–H and O–H groups in total. The zero-order valence-corrected chi connectivity index (χ0v) is 18.1. The summed E-state index contributed by atoms with van der Waals surface area (Å²) in [7, 11) is 0. The van der Waals surface area contributed by atoms with E-state index in [-0.39, 0.29) is 17.6 Å². The molecule has 27 heavy (non-hydrogen) atoms. The first-order chi connectivity index (χ1) is 13.0. The van der Waals surface area contributed by atoms with E-state index in [1.54, 1.807) is 0 Å². The predicted molar refractivity (Wildman–Crippen MR) is 112 cm³/mol. The van der Waals surface area contributed by atoms with Crippen LogP contribution in [0, 0.1) is 5.92 Å². The van der Waals surface area contributed by atoms with E-state index >= 15 is 0 Å². The quantitative estimate of drug-likeness (QED) is 0.656. The summed E-state index contributed by atoms with van der Waals surface area (Å²) in [5, 5.41) is 6.56. The summed E-state index contributed by atoms with van der Waals surface area (Å²) >= 11 is 3.49. The maximum atomic E-state index is 12.4. The number of hydrogen-bond donors (Lipinski definition) is 2. The first-order valence-electron chi connectivity index (χ1n) is 10.1. The van der Waals surface area contributed by atoms with Crippen LogP contribution in [0.25, 0.3) is 0 Å². The number of carbonyl (C=O) groups is 1. The number of carbonyl (C=O) groups excluding carboxylic acids is 1. The van der Waals surface area contributed by atoms with Gasteiger partial charge in [-0.15, -0.1) is 0 Å². The Labute approximate surface area is 171 Å². The first-order valence-corrected chi connectivity index (χ1v) is 10.9. The van der Waals surface area contributed by atoms with Gasteiger partial charge in [-0.3, -0.25) is 15.0 Å². The van der Waals surface area contributed by atoms with Crippen LogP contribution >= 0.6 is 15.9 Å². The molecule has 2 aliphatic rings. The minimum Gasteiger partial charge on any atom is -0.374 e. The molecule has 2 fully saturated rings. The summed E-state index contributed by atoms with van der Waals surface area (Å²) in [4.78, 5) is 14.8. The third-order valence-electron chi connectivity index (χ3n) is 5.56. The Morgan fingerprint density at radius 1 is 1.33 bits per heavy atom. The lowest BCUT2D eigenvalue weighted by Crippen LogP contribution is -2.53. The molecule has 1 saturated heterocycles. The summed E-state index contributed by atoms with van der Waals surface area (Å²) in [6.45, 7) is 9.12. The molecule has 1 heterocycles. The molecule has 1 aliphatic heterocycles. The smallest absolute Gasteiger partial charge is 0.234 e. The molecule has 0 spiro atoms. The van der Waals surface area contributed by atoms with Crippen LogP contribution in [-0.4, -0.2) is 56.2 Å².